The van der Waals surface area contributed by atoms with Gasteiger partial charge in [0.2, 0.25) is 0 Å². The van der Waals surface area contributed by atoms with Gasteiger partial charge in [-0.3, -0.25) is 9.79 Å². The normalized spacial score (nSPS) is 15.5. The Morgan fingerprint density at radius 1 is 1.35 bits per heavy atom. The van der Waals surface area contributed by atoms with E-state index in [1.807, 2.05) is 0 Å². The van der Waals surface area contributed by atoms with E-state index in [0.29, 0.717) is 6.54 Å². The van der Waals surface area contributed by atoms with Gasteiger partial charge in [-0.2, -0.15) is 0 Å². The smallest absolute Gasteiger partial charge is 0.290 e. The van der Waals surface area contributed by atoms with Gasteiger partial charge in [0.25, 0.3) is 5.91 Å². The molecule has 5 heteroatoms. The minimum Gasteiger partial charge on any atom is -0.366 e. The van der Waals surface area contributed by atoms with Crippen molar-refractivity contribution in [3.63, 3.8) is 0 Å². The largest absolute Gasteiger partial charge is 0.366 e. The second kappa shape index (κ2) is 5.43. The van der Waals surface area contributed by atoms with Crippen LogP contribution in [-0.4, -0.2) is 24.8 Å². The van der Waals surface area contributed by atoms with Gasteiger partial charge in [0.05, 0.1) is 5.69 Å². The molecule has 1 amide bonds. The molecule has 0 saturated carbocycles. The molecule has 0 spiro atoms. The second-order valence-electron chi connectivity index (χ2n) is 3.80. The number of amidine groups is 1. The third-order valence-corrected chi connectivity index (χ3v) is 2.48. The van der Waals surface area contributed by atoms with E-state index in [9.17, 15) is 9.18 Å². The Kier molecular flexibility index (Phi) is 3.69. The predicted molar refractivity (Wildman–Crippen MR) is 64.6 cm³/mol. The van der Waals surface area contributed by atoms with E-state index in [1.165, 1.54) is 12.1 Å². The fourth-order valence-corrected chi connectivity index (χ4v) is 1.59. The Hall–Kier alpha value is -1.91. The number of nitrogens with one attached hydrogen (secondary N) is 2. The highest BCUT2D eigenvalue weighted by Crippen LogP contribution is 2.12. The maximum absolute atomic E-state index is 13.3. The molecule has 1 aromatic carbocycles. The molecule has 4 nitrogen and oxygen atoms in total. The fraction of sp³-hybridized carbons (Fsp3) is 0.333. The zero-order valence-electron chi connectivity index (χ0n) is 9.37. The first-order chi connectivity index (χ1) is 8.27. The number of halogens is 1. The highest BCUT2D eigenvalue weighted by Gasteiger charge is 2.14. The van der Waals surface area contributed by atoms with Crippen molar-refractivity contribution < 1.29 is 9.18 Å². The monoisotopic (exact) mass is 235 g/mol. The lowest BCUT2D eigenvalue weighted by Gasteiger charge is -2.08. The summed E-state index contributed by atoms with van der Waals surface area (Å²) in [6.45, 7) is 1.36. The van der Waals surface area contributed by atoms with Crippen molar-refractivity contribution in [3.8, 4) is 0 Å². The first-order valence-corrected chi connectivity index (χ1v) is 5.61. The van der Waals surface area contributed by atoms with Crippen molar-refractivity contribution in [2.45, 2.75) is 12.8 Å². The average molecular weight is 235 g/mol. The average Bonchev–Trinajstić information content (AvgIpc) is 2.61. The number of nitrogens with zero attached hydrogens (tertiary/aromatic N) is 1. The molecule has 0 aliphatic carbocycles. The maximum atomic E-state index is 13.3. The summed E-state index contributed by atoms with van der Waals surface area (Å²) in [6.07, 6.45) is 1.95. The molecule has 2 rings (SSSR count). The van der Waals surface area contributed by atoms with Gasteiger partial charge in [0, 0.05) is 13.1 Å². The number of carbonyl (C=O) groups excluding carboxylic acids is 1. The van der Waals surface area contributed by atoms with E-state index in [4.69, 9.17) is 0 Å². The molecule has 0 atom stereocenters. The third kappa shape index (κ3) is 3.03. The van der Waals surface area contributed by atoms with Crippen LogP contribution in [0.5, 0.6) is 0 Å². The Morgan fingerprint density at radius 3 is 3.00 bits per heavy atom. The molecule has 0 fully saturated rings. The van der Waals surface area contributed by atoms with E-state index >= 15 is 0 Å². The Bertz CT molecular complexity index is 445. The summed E-state index contributed by atoms with van der Waals surface area (Å²) >= 11 is 0. The summed E-state index contributed by atoms with van der Waals surface area (Å²) in [5, 5.41) is 5.44. The van der Waals surface area contributed by atoms with Crippen molar-refractivity contribution in [1.82, 2.24) is 5.32 Å². The quantitative estimate of drug-likeness (QED) is 0.817. The lowest BCUT2D eigenvalue weighted by molar-refractivity contribution is -0.110. The molecule has 2 N–H and O–H groups in total. The predicted octanol–water partition coefficient (Wildman–Crippen LogP) is 1.55. The number of aliphatic imine (C=N–C) groups is 1. The molecule has 1 aliphatic heterocycles. The Balaban J connectivity index is 2.06. The zero-order chi connectivity index (χ0) is 12.1. The number of para-hydroxylation sites is 1. The first kappa shape index (κ1) is 11.6. The molecule has 0 saturated heterocycles. The van der Waals surface area contributed by atoms with E-state index < -0.39 is 11.7 Å². The molecule has 90 valence electrons. The first-order valence-electron chi connectivity index (χ1n) is 5.61. The molecule has 1 aliphatic rings. The number of amides is 1. The van der Waals surface area contributed by atoms with Crippen molar-refractivity contribution in [2.24, 2.45) is 4.99 Å². The Labute approximate surface area is 98.9 Å². The fourth-order valence-electron chi connectivity index (χ4n) is 1.59. The van der Waals surface area contributed by atoms with Gasteiger partial charge < -0.3 is 10.6 Å². The molecule has 17 heavy (non-hydrogen) atoms. The van der Waals surface area contributed by atoms with Crippen LogP contribution < -0.4 is 10.6 Å². The summed E-state index contributed by atoms with van der Waals surface area (Å²) in [5.41, 5.74) is 0.172. The summed E-state index contributed by atoms with van der Waals surface area (Å²) < 4.78 is 13.3. The Morgan fingerprint density at radius 2 is 2.18 bits per heavy atom. The molecule has 0 radical (unpaired) electrons. The van der Waals surface area contributed by atoms with Crippen LogP contribution in [0.2, 0.25) is 0 Å². The second-order valence-corrected chi connectivity index (χ2v) is 3.80. The SMILES string of the molecule is O=C(Nc1ccccc1F)C1=NCCCCN1. The number of hydrogen-bond donors (Lipinski definition) is 2. The van der Waals surface area contributed by atoms with Crippen LogP contribution in [0.25, 0.3) is 0 Å². The van der Waals surface area contributed by atoms with Gasteiger partial charge in [0.15, 0.2) is 5.84 Å². The highest BCUT2D eigenvalue weighted by molar-refractivity contribution is 6.42. The summed E-state index contributed by atoms with van der Waals surface area (Å²) in [4.78, 5) is 15.9. The standard InChI is InChI=1S/C12H14FN3O/c13-9-5-1-2-6-10(9)16-12(17)11-14-7-3-4-8-15-11/h1-2,5-6H,3-4,7-8H2,(H,14,15)(H,16,17). The van der Waals surface area contributed by atoms with Crippen LogP contribution in [-0.2, 0) is 4.79 Å². The van der Waals surface area contributed by atoms with Crippen molar-refractivity contribution in [3.05, 3.63) is 30.1 Å². The van der Waals surface area contributed by atoms with Crippen molar-refractivity contribution in [2.75, 3.05) is 18.4 Å². The maximum Gasteiger partial charge on any atom is 0.290 e. The highest BCUT2D eigenvalue weighted by atomic mass is 19.1. The van der Waals surface area contributed by atoms with E-state index in [2.05, 4.69) is 15.6 Å². The van der Waals surface area contributed by atoms with E-state index in [0.717, 1.165) is 19.4 Å². The van der Waals surface area contributed by atoms with Crippen LogP contribution in [0.1, 0.15) is 12.8 Å². The number of hydrogen-bond acceptors (Lipinski definition) is 3. The van der Waals surface area contributed by atoms with Crippen molar-refractivity contribution >= 4 is 17.4 Å². The third-order valence-electron chi connectivity index (χ3n) is 2.48. The number of carbonyl (C=O) groups is 1. The van der Waals surface area contributed by atoms with E-state index in [-0.39, 0.29) is 11.5 Å². The van der Waals surface area contributed by atoms with Gasteiger partial charge in [-0.1, -0.05) is 12.1 Å². The molecular formula is C12H14FN3O. The molecule has 1 aromatic rings. The summed E-state index contributed by atoms with van der Waals surface area (Å²) in [7, 11) is 0. The number of anilines is 1. The molecule has 0 bridgehead atoms. The minimum absolute atomic E-state index is 0.172. The van der Waals surface area contributed by atoms with Gasteiger partial charge in [0.1, 0.15) is 5.82 Å². The van der Waals surface area contributed by atoms with E-state index in [1.54, 1.807) is 12.1 Å². The van der Waals surface area contributed by atoms with Crippen molar-refractivity contribution in [1.29, 1.82) is 0 Å². The molecule has 1 heterocycles. The number of benzene rings is 1. The van der Waals surface area contributed by atoms with Crippen LogP contribution in [0.15, 0.2) is 29.3 Å². The molecule has 0 unspecified atom stereocenters. The lowest BCUT2D eigenvalue weighted by atomic mass is 10.3. The summed E-state index contributed by atoms with van der Waals surface area (Å²) in [6, 6.07) is 6.07. The van der Waals surface area contributed by atoms with Gasteiger partial charge in [-0.25, -0.2) is 4.39 Å². The van der Waals surface area contributed by atoms with Crippen LogP contribution in [0, 0.1) is 5.82 Å². The molecular weight excluding hydrogens is 221 g/mol. The zero-order valence-corrected chi connectivity index (χ0v) is 9.37. The van der Waals surface area contributed by atoms with Gasteiger partial charge in [-0.15, -0.1) is 0 Å². The van der Waals surface area contributed by atoms with Gasteiger partial charge in [-0.05, 0) is 25.0 Å². The van der Waals surface area contributed by atoms with Crippen LogP contribution in [0.3, 0.4) is 0 Å². The van der Waals surface area contributed by atoms with Crippen LogP contribution in [0.4, 0.5) is 10.1 Å². The number of rotatable bonds is 2. The lowest BCUT2D eigenvalue weighted by Crippen LogP contribution is -2.35. The topological polar surface area (TPSA) is 53.5 Å². The summed E-state index contributed by atoms with van der Waals surface area (Å²) in [5.74, 6) is -0.558. The minimum atomic E-state index is -0.449. The molecule has 0 aromatic heterocycles. The van der Waals surface area contributed by atoms with Crippen LogP contribution >= 0.6 is 0 Å². The van der Waals surface area contributed by atoms with Gasteiger partial charge >= 0.3 is 0 Å².